The second-order valence-corrected chi connectivity index (χ2v) is 8.76. The molecule has 0 aromatic heterocycles. The quantitative estimate of drug-likeness (QED) is 0.721. The van der Waals surface area contributed by atoms with Crippen molar-refractivity contribution in [2.45, 2.75) is 38.0 Å². The molecule has 28 heavy (non-hydrogen) atoms. The van der Waals surface area contributed by atoms with Gasteiger partial charge in [-0.15, -0.1) is 0 Å². The van der Waals surface area contributed by atoms with Crippen LogP contribution in [0.1, 0.15) is 26.3 Å². The second-order valence-electron chi connectivity index (χ2n) is 7.75. The van der Waals surface area contributed by atoms with Crippen LogP contribution in [0.4, 0.5) is 23.7 Å². The van der Waals surface area contributed by atoms with Crippen LogP contribution in [0.3, 0.4) is 0 Å². The molecule has 0 radical (unpaired) electrons. The summed E-state index contributed by atoms with van der Waals surface area (Å²) in [6, 6.07) is 2.15. The highest BCUT2D eigenvalue weighted by Gasteiger charge is 2.55. The van der Waals surface area contributed by atoms with E-state index in [-0.39, 0.29) is 23.0 Å². The zero-order valence-corrected chi connectivity index (χ0v) is 16.5. The molecule has 2 aliphatic rings. The molecule has 2 aliphatic heterocycles. The number of rotatable bonds is 2. The van der Waals surface area contributed by atoms with E-state index in [4.69, 9.17) is 15.2 Å². The van der Waals surface area contributed by atoms with E-state index in [1.165, 1.54) is 6.07 Å². The predicted octanol–water partition coefficient (Wildman–Crippen LogP) is 3.35. The lowest BCUT2D eigenvalue weighted by atomic mass is 9.78. The van der Waals surface area contributed by atoms with E-state index in [0.29, 0.717) is 5.75 Å². The lowest BCUT2D eigenvalue weighted by Gasteiger charge is -2.36. The van der Waals surface area contributed by atoms with Crippen LogP contribution in [-0.4, -0.2) is 42.0 Å². The van der Waals surface area contributed by atoms with Gasteiger partial charge in [-0.05, 0) is 32.9 Å². The van der Waals surface area contributed by atoms with Crippen LogP contribution < -0.4 is 11.1 Å². The minimum absolute atomic E-state index is 0.0146. The standard InChI is InChI=1S/C18H22F3N3O3S/c1-17(2,3)27-16(25)23-15-24-18(8-26-13(6-19)11(18)7-28-15)10-4-9(22)5-12(20)14(10)21/h4-5,11,13H,6-8,22H2,1-3H3,(H,23,24,25)/t11-,13-,18-/m1/s1. The number of hydrogen-bond acceptors (Lipinski definition) is 6. The Labute approximate surface area is 165 Å². The van der Waals surface area contributed by atoms with Crippen molar-refractivity contribution in [2.75, 3.05) is 24.8 Å². The largest absolute Gasteiger partial charge is 0.444 e. The molecule has 3 N–H and O–H groups in total. The van der Waals surface area contributed by atoms with Crippen molar-refractivity contribution in [3.63, 3.8) is 0 Å². The van der Waals surface area contributed by atoms with Gasteiger partial charge >= 0.3 is 6.09 Å². The Bertz CT molecular complexity index is 815. The first kappa shape index (κ1) is 20.8. The molecule has 0 unspecified atom stereocenters. The highest BCUT2D eigenvalue weighted by Crippen LogP contribution is 2.49. The Kier molecular flexibility index (Phi) is 5.55. The maximum Gasteiger partial charge on any atom is 0.413 e. The number of nitrogens with two attached hydrogens (primary N) is 1. The number of carbonyl (C=O) groups is 1. The Morgan fingerprint density at radius 3 is 2.82 bits per heavy atom. The average molecular weight is 417 g/mol. The summed E-state index contributed by atoms with van der Waals surface area (Å²) in [5.41, 5.74) is 3.48. The van der Waals surface area contributed by atoms with Crippen molar-refractivity contribution in [2.24, 2.45) is 10.9 Å². The molecule has 1 fully saturated rings. The van der Waals surface area contributed by atoms with E-state index in [1.54, 1.807) is 20.8 Å². The molecular formula is C18H22F3N3O3S. The van der Waals surface area contributed by atoms with E-state index in [9.17, 15) is 18.0 Å². The van der Waals surface area contributed by atoms with Gasteiger partial charge in [-0.3, -0.25) is 5.32 Å². The van der Waals surface area contributed by atoms with Gasteiger partial charge in [0.25, 0.3) is 0 Å². The molecule has 0 bridgehead atoms. The fourth-order valence-corrected chi connectivity index (χ4v) is 4.59. The van der Waals surface area contributed by atoms with Gasteiger partial charge in [-0.2, -0.15) is 0 Å². The van der Waals surface area contributed by atoms with Gasteiger partial charge in [0.05, 0.1) is 12.7 Å². The molecule has 0 aliphatic carbocycles. The third-order valence-corrected chi connectivity index (χ3v) is 5.55. The van der Waals surface area contributed by atoms with Crippen LogP contribution in [0, 0.1) is 17.6 Å². The molecule has 1 amide bonds. The molecular weight excluding hydrogens is 395 g/mol. The number of anilines is 1. The fraction of sp³-hybridized carbons (Fsp3) is 0.556. The normalized spacial score (nSPS) is 27.1. The lowest BCUT2D eigenvalue weighted by molar-refractivity contribution is 0.0563. The average Bonchev–Trinajstić information content (AvgIpc) is 2.95. The van der Waals surface area contributed by atoms with Crippen LogP contribution in [0.15, 0.2) is 17.1 Å². The maximum absolute atomic E-state index is 14.7. The van der Waals surface area contributed by atoms with Crippen molar-refractivity contribution >= 4 is 28.7 Å². The lowest BCUT2D eigenvalue weighted by Crippen LogP contribution is -2.45. The number of nitrogens with one attached hydrogen (secondary N) is 1. The van der Waals surface area contributed by atoms with Gasteiger partial charge in [0.1, 0.15) is 17.8 Å². The molecule has 1 saturated heterocycles. The summed E-state index contributed by atoms with van der Waals surface area (Å²) in [6.45, 7) is 4.18. The molecule has 3 rings (SSSR count). The topological polar surface area (TPSA) is 85.9 Å². The number of benzene rings is 1. The molecule has 3 atom stereocenters. The third kappa shape index (κ3) is 3.93. The number of carbonyl (C=O) groups excluding carboxylic acids is 1. The molecule has 154 valence electrons. The van der Waals surface area contributed by atoms with Crippen molar-refractivity contribution in [1.82, 2.24) is 5.32 Å². The van der Waals surface area contributed by atoms with Crippen molar-refractivity contribution < 1.29 is 27.4 Å². The number of alkyl halides is 1. The predicted molar refractivity (Wildman–Crippen MR) is 101 cm³/mol. The van der Waals surface area contributed by atoms with Crippen molar-refractivity contribution in [3.05, 3.63) is 29.3 Å². The molecule has 2 heterocycles. The number of hydrogen-bond donors (Lipinski definition) is 2. The number of amidine groups is 1. The number of alkyl carbamates (subject to hydrolysis) is 1. The summed E-state index contributed by atoms with van der Waals surface area (Å²) in [5, 5.41) is 2.68. The first-order chi connectivity index (χ1) is 13.1. The number of nitrogen functional groups attached to an aromatic ring is 1. The minimum atomic E-state index is -1.40. The zero-order chi connectivity index (χ0) is 20.7. The summed E-state index contributed by atoms with van der Waals surface area (Å²) in [6.07, 6.45) is -1.55. The van der Waals surface area contributed by atoms with Gasteiger partial charge < -0.3 is 15.2 Å². The van der Waals surface area contributed by atoms with Crippen LogP contribution in [-0.2, 0) is 15.0 Å². The number of amides is 1. The number of fused-ring (bicyclic) bond motifs is 1. The van der Waals surface area contributed by atoms with Gasteiger partial charge in [0, 0.05) is 22.9 Å². The Balaban J connectivity index is 2.02. The first-order valence-electron chi connectivity index (χ1n) is 8.71. The molecule has 1 aromatic carbocycles. The zero-order valence-electron chi connectivity index (χ0n) is 15.7. The Morgan fingerprint density at radius 2 is 2.18 bits per heavy atom. The molecule has 10 heteroatoms. The second kappa shape index (κ2) is 7.47. The number of nitrogens with zero attached hydrogens (tertiary/aromatic N) is 1. The van der Waals surface area contributed by atoms with Crippen LogP contribution in [0.25, 0.3) is 0 Å². The third-order valence-electron chi connectivity index (χ3n) is 4.56. The van der Waals surface area contributed by atoms with Crippen LogP contribution >= 0.6 is 11.8 Å². The molecule has 6 nitrogen and oxygen atoms in total. The SMILES string of the molecule is CC(C)(C)OC(=O)NC1=N[C@@]2(c3cc(N)cc(F)c3F)CO[C@H](CF)[C@H]2CS1. The van der Waals surface area contributed by atoms with Crippen LogP contribution in [0.5, 0.6) is 0 Å². The van der Waals surface area contributed by atoms with Crippen molar-refractivity contribution in [3.8, 4) is 0 Å². The van der Waals surface area contributed by atoms with Gasteiger partial charge in [-0.25, -0.2) is 23.0 Å². The first-order valence-corrected chi connectivity index (χ1v) is 9.69. The fourth-order valence-electron chi connectivity index (χ4n) is 3.38. The number of aliphatic imine (C=N–C) groups is 1. The van der Waals surface area contributed by atoms with E-state index in [1.807, 2.05) is 0 Å². The van der Waals surface area contributed by atoms with Gasteiger partial charge in [0.15, 0.2) is 16.8 Å². The van der Waals surface area contributed by atoms with E-state index >= 15 is 0 Å². The van der Waals surface area contributed by atoms with E-state index in [2.05, 4.69) is 10.3 Å². The smallest absolute Gasteiger partial charge is 0.413 e. The monoisotopic (exact) mass is 417 g/mol. The number of thioether (sulfide) groups is 1. The van der Waals surface area contributed by atoms with E-state index < -0.39 is 47.6 Å². The van der Waals surface area contributed by atoms with Crippen LogP contribution in [0.2, 0.25) is 0 Å². The highest BCUT2D eigenvalue weighted by molar-refractivity contribution is 8.13. The minimum Gasteiger partial charge on any atom is -0.444 e. The summed E-state index contributed by atoms with van der Waals surface area (Å²) in [7, 11) is 0. The number of halogens is 3. The summed E-state index contributed by atoms with van der Waals surface area (Å²) in [4.78, 5) is 16.6. The summed E-state index contributed by atoms with van der Waals surface area (Å²) < 4.78 is 52.8. The summed E-state index contributed by atoms with van der Waals surface area (Å²) >= 11 is 1.16. The Morgan fingerprint density at radius 1 is 1.46 bits per heavy atom. The van der Waals surface area contributed by atoms with Gasteiger partial charge in [0.2, 0.25) is 0 Å². The molecule has 0 spiro atoms. The Hall–Kier alpha value is -1.94. The summed E-state index contributed by atoms with van der Waals surface area (Å²) in [5.74, 6) is -2.50. The maximum atomic E-state index is 14.7. The highest BCUT2D eigenvalue weighted by atomic mass is 32.2. The van der Waals surface area contributed by atoms with E-state index in [0.717, 1.165) is 17.8 Å². The molecule has 0 saturated carbocycles. The van der Waals surface area contributed by atoms with Gasteiger partial charge in [-0.1, -0.05) is 11.8 Å². The van der Waals surface area contributed by atoms with Crippen molar-refractivity contribution in [1.29, 1.82) is 0 Å². The number of ether oxygens (including phenoxy) is 2. The molecule has 1 aromatic rings.